The van der Waals surface area contributed by atoms with E-state index in [2.05, 4.69) is 32.2 Å². The number of ether oxygens (including phenoxy) is 1. The van der Waals surface area contributed by atoms with Gasteiger partial charge in [0.25, 0.3) is 0 Å². The van der Waals surface area contributed by atoms with Crippen molar-refractivity contribution in [3.05, 3.63) is 59.7 Å². The van der Waals surface area contributed by atoms with Crippen LogP contribution in [-0.4, -0.2) is 65.1 Å². The maximum absolute atomic E-state index is 13.9. The van der Waals surface area contributed by atoms with Crippen LogP contribution < -0.4 is 5.32 Å². The van der Waals surface area contributed by atoms with Crippen molar-refractivity contribution in [1.29, 1.82) is 5.41 Å². The van der Waals surface area contributed by atoms with Gasteiger partial charge in [-0.05, 0) is 77.8 Å². The molecular formula is C32H43N3O5. The number of carbonyl (C=O) groups is 1. The van der Waals surface area contributed by atoms with Crippen molar-refractivity contribution in [2.75, 3.05) is 13.7 Å². The zero-order chi connectivity index (χ0) is 28.8. The number of fused-ring (bicyclic) bond motifs is 2. The van der Waals surface area contributed by atoms with Crippen LogP contribution in [0.4, 0.5) is 0 Å². The molecule has 3 aliphatic carbocycles. The summed E-state index contributed by atoms with van der Waals surface area (Å²) in [6.07, 6.45) is 0.705. The summed E-state index contributed by atoms with van der Waals surface area (Å²) in [7, 11) is 1.48. The van der Waals surface area contributed by atoms with Crippen molar-refractivity contribution in [2.24, 2.45) is 29.1 Å². The summed E-state index contributed by atoms with van der Waals surface area (Å²) in [6.45, 7) is 8.64. The summed E-state index contributed by atoms with van der Waals surface area (Å²) in [5, 5.41) is 33.6. The minimum absolute atomic E-state index is 0.0971. The molecule has 2 unspecified atom stereocenters. The first-order chi connectivity index (χ1) is 19.0. The Morgan fingerprint density at radius 3 is 2.52 bits per heavy atom. The first-order valence-corrected chi connectivity index (χ1v) is 14.4. The minimum Gasteiger partial charge on any atom is -0.481 e. The number of aliphatic hydroxyl groups excluding tert-OH is 2. The van der Waals surface area contributed by atoms with Crippen LogP contribution in [0.25, 0.3) is 11.1 Å². The Hall–Kier alpha value is -2.78. The van der Waals surface area contributed by atoms with E-state index in [4.69, 9.17) is 15.0 Å². The number of nitrogens with zero attached hydrogens (tertiary/aromatic N) is 1. The third-order valence-corrected chi connectivity index (χ3v) is 10.0. The molecule has 0 spiro atoms. The van der Waals surface area contributed by atoms with E-state index in [1.54, 1.807) is 12.0 Å². The number of aliphatic hydroxyl groups is 2. The highest BCUT2D eigenvalue weighted by Gasteiger charge is 2.57. The molecule has 40 heavy (non-hydrogen) atoms. The van der Waals surface area contributed by atoms with E-state index < -0.39 is 24.2 Å². The van der Waals surface area contributed by atoms with E-state index in [9.17, 15) is 15.0 Å². The van der Waals surface area contributed by atoms with Gasteiger partial charge in [0.05, 0.1) is 26.4 Å². The van der Waals surface area contributed by atoms with Gasteiger partial charge < -0.3 is 20.3 Å². The SMILES string of the molecule is COC(=N)c1ccc(-c2cccc(CN3OC(CO)[C@@H]([C@H](C)O)[C@H]3C(=O)N[C@H]3C[C@@H]4C[C@H](C3C)C4(C)C)c2)cc1. The molecule has 8 nitrogen and oxygen atoms in total. The summed E-state index contributed by atoms with van der Waals surface area (Å²) in [5.74, 6) is 1.01. The molecule has 1 amide bonds. The predicted octanol–water partition coefficient (Wildman–Crippen LogP) is 3.99. The van der Waals surface area contributed by atoms with Gasteiger partial charge in [0.2, 0.25) is 11.8 Å². The van der Waals surface area contributed by atoms with E-state index in [-0.39, 0.29) is 24.5 Å². The Kier molecular flexibility index (Phi) is 8.08. The summed E-state index contributed by atoms with van der Waals surface area (Å²) >= 11 is 0. The highest BCUT2D eigenvalue weighted by atomic mass is 16.7. The molecule has 6 rings (SSSR count). The van der Waals surface area contributed by atoms with Gasteiger partial charge in [0.1, 0.15) is 12.1 Å². The zero-order valence-electron chi connectivity index (χ0n) is 24.1. The Labute approximate surface area is 237 Å². The molecular weight excluding hydrogens is 506 g/mol. The second kappa shape index (κ2) is 11.2. The van der Waals surface area contributed by atoms with Crippen molar-refractivity contribution in [3.63, 3.8) is 0 Å². The van der Waals surface area contributed by atoms with Crippen molar-refractivity contribution in [3.8, 4) is 11.1 Å². The summed E-state index contributed by atoms with van der Waals surface area (Å²) < 4.78 is 5.01. The van der Waals surface area contributed by atoms with Gasteiger partial charge in [-0.2, -0.15) is 5.06 Å². The number of hydrogen-bond donors (Lipinski definition) is 4. The fourth-order valence-corrected chi connectivity index (χ4v) is 7.45. The first kappa shape index (κ1) is 28.7. The number of rotatable bonds is 8. The van der Waals surface area contributed by atoms with Crippen molar-refractivity contribution in [2.45, 2.75) is 71.4 Å². The topological polar surface area (TPSA) is 115 Å². The lowest BCUT2D eigenvalue weighted by molar-refractivity contribution is -0.183. The normalized spacial score (nSPS) is 31.7. The summed E-state index contributed by atoms with van der Waals surface area (Å²) in [6, 6.07) is 15.0. The molecule has 0 radical (unpaired) electrons. The monoisotopic (exact) mass is 549 g/mol. The van der Waals surface area contributed by atoms with Gasteiger partial charge in [-0.15, -0.1) is 0 Å². The van der Waals surface area contributed by atoms with E-state index in [0.29, 0.717) is 35.3 Å². The fraction of sp³-hybridized carbons (Fsp3) is 0.562. The van der Waals surface area contributed by atoms with Crippen LogP contribution in [0.3, 0.4) is 0 Å². The molecule has 0 aromatic heterocycles. The highest BCUT2D eigenvalue weighted by Crippen LogP contribution is 2.61. The third-order valence-electron chi connectivity index (χ3n) is 10.0. The van der Waals surface area contributed by atoms with Crippen LogP contribution in [-0.2, 0) is 20.9 Å². The lowest BCUT2D eigenvalue weighted by Gasteiger charge is -2.62. The summed E-state index contributed by atoms with van der Waals surface area (Å²) in [5.41, 5.74) is 3.96. The van der Waals surface area contributed by atoms with Gasteiger partial charge in [-0.1, -0.05) is 51.1 Å². The zero-order valence-corrected chi connectivity index (χ0v) is 24.1. The van der Waals surface area contributed by atoms with Crippen molar-refractivity contribution >= 4 is 11.8 Å². The molecule has 1 aliphatic heterocycles. The second-order valence-corrected chi connectivity index (χ2v) is 12.5. The predicted molar refractivity (Wildman–Crippen MR) is 153 cm³/mol. The van der Waals surface area contributed by atoms with Crippen LogP contribution in [0, 0.1) is 34.5 Å². The Bertz CT molecular complexity index is 1230. The number of amides is 1. The molecule has 8 heteroatoms. The van der Waals surface area contributed by atoms with E-state index in [1.165, 1.54) is 13.5 Å². The van der Waals surface area contributed by atoms with Crippen molar-refractivity contribution < 1.29 is 24.6 Å². The molecule has 2 aromatic carbocycles. The van der Waals surface area contributed by atoms with Gasteiger partial charge in [0.15, 0.2) is 0 Å². The van der Waals surface area contributed by atoms with Gasteiger partial charge in [-0.3, -0.25) is 15.0 Å². The smallest absolute Gasteiger partial charge is 0.240 e. The number of carbonyl (C=O) groups excluding carboxylic acids is 1. The molecule has 2 aromatic rings. The third kappa shape index (κ3) is 5.18. The van der Waals surface area contributed by atoms with Gasteiger partial charge >= 0.3 is 0 Å². The second-order valence-electron chi connectivity index (χ2n) is 12.5. The Balaban J connectivity index is 1.35. The molecule has 1 heterocycles. The fourth-order valence-electron chi connectivity index (χ4n) is 7.45. The van der Waals surface area contributed by atoms with Crippen LogP contribution >= 0.6 is 0 Å². The molecule has 8 atom stereocenters. The number of hydroxylamine groups is 2. The largest absolute Gasteiger partial charge is 0.481 e. The molecule has 4 N–H and O–H groups in total. The van der Waals surface area contributed by atoms with Crippen LogP contribution in [0.15, 0.2) is 48.5 Å². The number of nitrogens with one attached hydrogen (secondary N) is 2. The van der Waals surface area contributed by atoms with E-state index in [0.717, 1.165) is 23.1 Å². The quantitative estimate of drug-likeness (QED) is 0.293. The number of benzene rings is 2. The van der Waals surface area contributed by atoms with Crippen LogP contribution in [0.1, 0.15) is 51.7 Å². The molecule has 216 valence electrons. The summed E-state index contributed by atoms with van der Waals surface area (Å²) in [4.78, 5) is 20.0. The van der Waals surface area contributed by atoms with Gasteiger partial charge in [0, 0.05) is 17.5 Å². The Morgan fingerprint density at radius 2 is 1.93 bits per heavy atom. The number of methoxy groups -OCH3 is 1. The highest BCUT2D eigenvalue weighted by molar-refractivity contribution is 5.92. The lowest BCUT2D eigenvalue weighted by Crippen LogP contribution is -2.62. The lowest BCUT2D eigenvalue weighted by atomic mass is 9.45. The van der Waals surface area contributed by atoms with Crippen molar-refractivity contribution in [1.82, 2.24) is 10.4 Å². The molecule has 1 saturated heterocycles. The van der Waals surface area contributed by atoms with Crippen LogP contribution in [0.5, 0.6) is 0 Å². The number of hydrogen-bond acceptors (Lipinski definition) is 7. The van der Waals surface area contributed by atoms with Gasteiger partial charge in [-0.25, -0.2) is 0 Å². The molecule has 4 aliphatic rings. The maximum Gasteiger partial charge on any atom is 0.240 e. The molecule has 2 bridgehead atoms. The first-order valence-electron chi connectivity index (χ1n) is 14.4. The standard InChI is InChI=1S/C32H43N3O5/c1-18-25-14-24(32(25,3)4)15-26(18)34-31(38)29-28(19(2)37)27(17-36)40-35(29)16-20-7-6-8-23(13-20)21-9-11-22(12-10-21)30(33)39-5/h6-13,18-19,24-29,33,36-37H,14-17H2,1-5H3,(H,34,38)/t18?,19-,24-,25+,26-,27?,28+,29-/m0/s1. The minimum atomic E-state index is -0.829. The van der Waals surface area contributed by atoms with E-state index >= 15 is 0 Å². The average Bonchev–Trinajstić information content (AvgIpc) is 3.32. The average molecular weight is 550 g/mol. The molecule has 4 fully saturated rings. The maximum atomic E-state index is 13.9. The van der Waals surface area contributed by atoms with E-state index in [1.807, 2.05) is 42.5 Å². The molecule has 3 saturated carbocycles. The Morgan fingerprint density at radius 1 is 1.20 bits per heavy atom. The van der Waals surface area contributed by atoms with Crippen LogP contribution in [0.2, 0.25) is 0 Å².